The van der Waals surface area contributed by atoms with Crippen LogP contribution in [0.1, 0.15) is 50.8 Å². The van der Waals surface area contributed by atoms with E-state index in [2.05, 4.69) is 71.9 Å². The number of benzene rings is 2. The summed E-state index contributed by atoms with van der Waals surface area (Å²) in [6.45, 7) is 13.6. The highest BCUT2D eigenvalue weighted by Gasteiger charge is 2.24. The molecule has 6 aromatic rings. The van der Waals surface area contributed by atoms with E-state index in [9.17, 15) is 0 Å². The molecule has 0 spiro atoms. The fourth-order valence-electron chi connectivity index (χ4n) is 4.86. The van der Waals surface area contributed by atoms with Crippen molar-refractivity contribution in [3.63, 3.8) is 0 Å². The zero-order valence-electron chi connectivity index (χ0n) is 20.3. The summed E-state index contributed by atoms with van der Waals surface area (Å²) in [5, 5.41) is 3.74. The first-order valence-electron chi connectivity index (χ1n) is 11.7. The second-order valence-electron chi connectivity index (χ2n) is 10.5. The van der Waals surface area contributed by atoms with Gasteiger partial charge in [-0.3, -0.25) is 0 Å². The van der Waals surface area contributed by atoms with E-state index in [0.717, 1.165) is 27.5 Å². The fraction of sp³-hybridized carbons (Fsp3) is 0.321. The molecule has 0 saturated carbocycles. The van der Waals surface area contributed by atoms with Crippen LogP contribution < -0.4 is 0 Å². The number of aryl methyl sites for hydroxylation is 1. The van der Waals surface area contributed by atoms with Crippen LogP contribution >= 0.6 is 34.0 Å². The summed E-state index contributed by atoms with van der Waals surface area (Å²) >= 11 is 5.46. The summed E-state index contributed by atoms with van der Waals surface area (Å²) in [4.78, 5) is 15.5. The maximum atomic E-state index is 4.84. The minimum Gasteiger partial charge on any atom is -0.235 e. The molecular formula is C28H27N3S3. The second kappa shape index (κ2) is 7.80. The van der Waals surface area contributed by atoms with Crippen molar-refractivity contribution in [1.29, 1.82) is 0 Å². The Kier molecular flexibility index (Phi) is 5.07. The van der Waals surface area contributed by atoms with E-state index in [1.807, 2.05) is 22.7 Å². The molecule has 0 unspecified atom stereocenters. The predicted molar refractivity (Wildman–Crippen MR) is 151 cm³/mol. The maximum Gasteiger partial charge on any atom is 0.135 e. The first kappa shape index (κ1) is 22.1. The van der Waals surface area contributed by atoms with Gasteiger partial charge in [-0.25, -0.2) is 15.0 Å². The lowest BCUT2D eigenvalue weighted by Crippen LogP contribution is -2.11. The molecule has 4 heterocycles. The van der Waals surface area contributed by atoms with Gasteiger partial charge in [0.15, 0.2) is 0 Å². The predicted octanol–water partition coefficient (Wildman–Crippen LogP) is 9.14. The van der Waals surface area contributed by atoms with Crippen LogP contribution in [0.15, 0.2) is 36.7 Å². The van der Waals surface area contributed by atoms with E-state index in [1.165, 1.54) is 46.3 Å². The summed E-state index contributed by atoms with van der Waals surface area (Å²) in [7, 11) is 0. The number of aromatic nitrogens is 3. The van der Waals surface area contributed by atoms with E-state index >= 15 is 0 Å². The Balaban J connectivity index is 1.65. The molecule has 0 aliphatic rings. The molecule has 172 valence electrons. The van der Waals surface area contributed by atoms with Crippen molar-refractivity contribution in [3.05, 3.63) is 52.8 Å². The quantitative estimate of drug-likeness (QED) is 0.243. The molecule has 0 saturated heterocycles. The van der Waals surface area contributed by atoms with Crippen LogP contribution in [0.5, 0.6) is 0 Å². The molecule has 6 heteroatoms. The highest BCUT2D eigenvalue weighted by atomic mass is 32.1. The van der Waals surface area contributed by atoms with E-state index in [-0.39, 0.29) is 5.41 Å². The fourth-order valence-corrected chi connectivity index (χ4v) is 8.49. The number of nitrogens with zero attached hydrogens (tertiary/aromatic N) is 3. The molecule has 0 fully saturated rings. The molecule has 6 rings (SSSR count). The summed E-state index contributed by atoms with van der Waals surface area (Å²) in [6.07, 6.45) is 2.81. The minimum atomic E-state index is 0.0108. The Labute approximate surface area is 211 Å². The number of fused-ring (bicyclic) bond motifs is 6. The van der Waals surface area contributed by atoms with Gasteiger partial charge in [0.25, 0.3) is 0 Å². The second-order valence-corrected chi connectivity index (χ2v) is 13.8. The zero-order chi connectivity index (χ0) is 23.8. The molecule has 0 atom stereocenters. The molecule has 2 aromatic carbocycles. The van der Waals surface area contributed by atoms with Crippen molar-refractivity contribution < 1.29 is 0 Å². The third-order valence-electron chi connectivity index (χ3n) is 6.31. The number of rotatable bonds is 3. The topological polar surface area (TPSA) is 38.7 Å². The first-order chi connectivity index (χ1) is 16.2. The van der Waals surface area contributed by atoms with E-state index in [1.54, 1.807) is 17.7 Å². The van der Waals surface area contributed by atoms with Crippen LogP contribution in [0.2, 0.25) is 0 Å². The third kappa shape index (κ3) is 3.46. The first-order valence-corrected chi connectivity index (χ1v) is 14.2. The van der Waals surface area contributed by atoms with Gasteiger partial charge in [-0.05, 0) is 47.9 Å². The maximum absolute atomic E-state index is 4.84. The highest BCUT2D eigenvalue weighted by molar-refractivity contribution is 7.32. The van der Waals surface area contributed by atoms with Crippen LogP contribution in [0.3, 0.4) is 0 Å². The third-order valence-corrected chi connectivity index (χ3v) is 9.73. The van der Waals surface area contributed by atoms with Crippen LogP contribution in [0.25, 0.3) is 51.2 Å². The van der Waals surface area contributed by atoms with Gasteiger partial charge in [0.2, 0.25) is 0 Å². The summed E-state index contributed by atoms with van der Waals surface area (Å²) in [5.74, 6) is 0.614. The summed E-state index contributed by atoms with van der Waals surface area (Å²) in [6, 6.07) is 11.3. The van der Waals surface area contributed by atoms with Gasteiger partial charge in [0.1, 0.15) is 11.2 Å². The highest BCUT2D eigenvalue weighted by Crippen LogP contribution is 2.46. The zero-order valence-corrected chi connectivity index (χ0v) is 22.8. The Morgan fingerprint density at radius 3 is 2.53 bits per heavy atom. The van der Waals surface area contributed by atoms with Crippen LogP contribution in [0.4, 0.5) is 0 Å². The number of thiophene rings is 2. The Hall–Kier alpha value is -2.41. The van der Waals surface area contributed by atoms with Crippen LogP contribution in [-0.2, 0) is 11.8 Å². The lowest BCUT2D eigenvalue weighted by Gasteiger charge is -2.21. The van der Waals surface area contributed by atoms with Gasteiger partial charge in [0.05, 0.1) is 25.6 Å². The molecule has 0 bridgehead atoms. The lowest BCUT2D eigenvalue weighted by atomic mass is 9.83. The normalized spacial score (nSPS) is 12.8. The standard InChI is InChI=1S/C28H27N3S3/c1-14(2)10-16-8-7-9-18-23-26(34-24(16)18)22(29-13-30-23)17-11-19(28(4,5)6)21-20(12-17)33-27-25(21)32-15(3)31-27/h7-9,11-14H,10H2,1-6H3. The van der Waals surface area contributed by atoms with Crippen LogP contribution in [-0.4, -0.2) is 15.0 Å². The SMILES string of the molecule is Cc1nc2sc3cc(-c4ncnc5c4sc4c(CC(C)C)cccc45)cc(C(C)(C)C)c3c2s1. The Bertz CT molecular complexity index is 1710. The number of thiazole rings is 1. The van der Waals surface area contributed by atoms with Crippen molar-refractivity contribution in [2.75, 3.05) is 0 Å². The van der Waals surface area contributed by atoms with Crippen molar-refractivity contribution in [2.45, 2.75) is 53.4 Å². The molecule has 4 aromatic heterocycles. The molecule has 0 amide bonds. The van der Waals surface area contributed by atoms with Crippen molar-refractivity contribution in [2.24, 2.45) is 5.92 Å². The van der Waals surface area contributed by atoms with Crippen LogP contribution in [0, 0.1) is 12.8 Å². The van der Waals surface area contributed by atoms with Gasteiger partial charge in [-0.15, -0.1) is 34.0 Å². The number of hydrogen-bond donors (Lipinski definition) is 0. The van der Waals surface area contributed by atoms with E-state index in [0.29, 0.717) is 5.92 Å². The Morgan fingerprint density at radius 1 is 0.941 bits per heavy atom. The van der Waals surface area contributed by atoms with Gasteiger partial charge in [0, 0.05) is 25.7 Å². The molecule has 34 heavy (non-hydrogen) atoms. The smallest absolute Gasteiger partial charge is 0.135 e. The lowest BCUT2D eigenvalue weighted by molar-refractivity contribution is 0.596. The monoisotopic (exact) mass is 501 g/mol. The van der Waals surface area contributed by atoms with Gasteiger partial charge in [-0.2, -0.15) is 0 Å². The van der Waals surface area contributed by atoms with Gasteiger partial charge < -0.3 is 0 Å². The minimum absolute atomic E-state index is 0.0108. The van der Waals surface area contributed by atoms with Gasteiger partial charge in [-0.1, -0.05) is 52.8 Å². The Morgan fingerprint density at radius 2 is 1.76 bits per heavy atom. The summed E-state index contributed by atoms with van der Waals surface area (Å²) < 4.78 is 5.15. The number of hydrogen-bond acceptors (Lipinski definition) is 6. The largest absolute Gasteiger partial charge is 0.235 e. The molecule has 0 aliphatic heterocycles. The van der Waals surface area contributed by atoms with E-state index < -0.39 is 0 Å². The van der Waals surface area contributed by atoms with Gasteiger partial charge >= 0.3 is 0 Å². The van der Waals surface area contributed by atoms with E-state index in [4.69, 9.17) is 15.0 Å². The van der Waals surface area contributed by atoms with Crippen molar-refractivity contribution in [1.82, 2.24) is 15.0 Å². The van der Waals surface area contributed by atoms with Crippen molar-refractivity contribution >= 4 is 73.9 Å². The average molecular weight is 502 g/mol. The molecule has 3 nitrogen and oxygen atoms in total. The molecule has 0 N–H and O–H groups in total. The molecule has 0 aliphatic carbocycles. The van der Waals surface area contributed by atoms with Crippen molar-refractivity contribution in [3.8, 4) is 11.3 Å². The average Bonchev–Trinajstić information content (AvgIpc) is 3.42. The summed E-state index contributed by atoms with van der Waals surface area (Å²) in [5.41, 5.74) is 6.06. The molecule has 0 radical (unpaired) electrons. The molecular weight excluding hydrogens is 475 g/mol.